The molecule has 2 atom stereocenters. The molecule has 96 valence electrons. The molecule has 1 saturated carbocycles. The van der Waals surface area contributed by atoms with E-state index in [0.29, 0.717) is 6.04 Å². The number of likely N-dealkylation sites (N-methyl/N-ethyl adjacent to an activating group) is 1. The summed E-state index contributed by atoms with van der Waals surface area (Å²) in [4.78, 5) is 2.56. The minimum absolute atomic E-state index is 0.243. The zero-order chi connectivity index (χ0) is 12.3. The van der Waals surface area contributed by atoms with E-state index in [2.05, 4.69) is 39.6 Å². The first-order valence-electron chi connectivity index (χ1n) is 6.81. The summed E-state index contributed by atoms with van der Waals surface area (Å²) in [5.41, 5.74) is 6.45. The van der Waals surface area contributed by atoms with Crippen molar-refractivity contribution >= 4 is 0 Å². The van der Waals surface area contributed by atoms with Crippen molar-refractivity contribution in [3.05, 3.63) is 0 Å². The Labute approximate surface area is 102 Å². The smallest absolute Gasteiger partial charge is 0.0292 e. The van der Waals surface area contributed by atoms with Crippen molar-refractivity contribution in [1.82, 2.24) is 4.90 Å². The highest BCUT2D eigenvalue weighted by atomic mass is 15.2. The van der Waals surface area contributed by atoms with Crippen LogP contribution in [0.2, 0.25) is 0 Å². The minimum atomic E-state index is 0.243. The van der Waals surface area contributed by atoms with E-state index < -0.39 is 0 Å². The molecular weight excluding hydrogens is 196 g/mol. The molecule has 2 unspecified atom stereocenters. The van der Waals surface area contributed by atoms with Gasteiger partial charge in [0.15, 0.2) is 0 Å². The lowest BCUT2D eigenvalue weighted by molar-refractivity contribution is 0.0528. The van der Waals surface area contributed by atoms with Crippen LogP contribution in [0.1, 0.15) is 59.8 Å². The monoisotopic (exact) mass is 226 g/mol. The van der Waals surface area contributed by atoms with Crippen LogP contribution in [0.3, 0.4) is 0 Å². The summed E-state index contributed by atoms with van der Waals surface area (Å²) in [6.45, 7) is 9.07. The summed E-state index contributed by atoms with van der Waals surface area (Å²) < 4.78 is 0. The van der Waals surface area contributed by atoms with Gasteiger partial charge in [-0.25, -0.2) is 0 Å². The normalized spacial score (nSPS) is 23.4. The van der Waals surface area contributed by atoms with Gasteiger partial charge in [-0.3, -0.25) is 4.90 Å². The summed E-state index contributed by atoms with van der Waals surface area (Å²) in [6.07, 6.45) is 6.92. The second-order valence-electron chi connectivity index (χ2n) is 6.63. The van der Waals surface area contributed by atoms with Gasteiger partial charge in [0, 0.05) is 18.1 Å². The summed E-state index contributed by atoms with van der Waals surface area (Å²) >= 11 is 0. The molecule has 2 heteroatoms. The maximum atomic E-state index is 6.19. The Morgan fingerprint density at radius 3 is 2.00 bits per heavy atom. The Kier molecular flexibility index (Phi) is 4.81. The SMILES string of the molecule is CC(N)C(N(C)C1CCCCC1)C(C)(C)C. The van der Waals surface area contributed by atoms with Gasteiger partial charge in [-0.1, -0.05) is 40.0 Å². The predicted molar refractivity (Wildman–Crippen MR) is 71.5 cm³/mol. The van der Waals surface area contributed by atoms with E-state index in [0.717, 1.165) is 6.04 Å². The van der Waals surface area contributed by atoms with Crippen molar-refractivity contribution in [2.45, 2.75) is 77.9 Å². The molecule has 0 heterocycles. The van der Waals surface area contributed by atoms with Gasteiger partial charge < -0.3 is 5.73 Å². The Bertz CT molecular complexity index is 199. The molecule has 0 saturated heterocycles. The van der Waals surface area contributed by atoms with Gasteiger partial charge in [0.05, 0.1) is 0 Å². The molecule has 0 amide bonds. The van der Waals surface area contributed by atoms with Crippen molar-refractivity contribution in [3.63, 3.8) is 0 Å². The molecule has 1 aliphatic carbocycles. The standard InChI is InChI=1S/C14H30N2/c1-11(15)13(14(2,3)4)16(5)12-9-7-6-8-10-12/h11-13H,6-10,15H2,1-5H3. The number of hydrogen-bond acceptors (Lipinski definition) is 2. The fourth-order valence-electron chi connectivity index (χ4n) is 3.49. The van der Waals surface area contributed by atoms with Crippen LogP contribution < -0.4 is 5.73 Å². The number of nitrogens with zero attached hydrogens (tertiary/aromatic N) is 1. The number of hydrogen-bond donors (Lipinski definition) is 1. The molecule has 16 heavy (non-hydrogen) atoms. The largest absolute Gasteiger partial charge is 0.327 e. The van der Waals surface area contributed by atoms with E-state index in [1.807, 2.05) is 0 Å². The molecule has 0 aromatic heterocycles. The fraction of sp³-hybridized carbons (Fsp3) is 1.00. The topological polar surface area (TPSA) is 29.3 Å². The molecule has 2 N–H and O–H groups in total. The zero-order valence-electron chi connectivity index (χ0n) is 11.8. The molecule has 0 bridgehead atoms. The van der Waals surface area contributed by atoms with Crippen molar-refractivity contribution in [3.8, 4) is 0 Å². The third-order valence-electron chi connectivity index (χ3n) is 3.97. The van der Waals surface area contributed by atoms with Crippen molar-refractivity contribution in [1.29, 1.82) is 0 Å². The molecule has 0 spiro atoms. The average molecular weight is 226 g/mol. The van der Waals surface area contributed by atoms with Crippen LogP contribution in [0.25, 0.3) is 0 Å². The first-order chi connectivity index (χ1) is 7.34. The van der Waals surface area contributed by atoms with Crippen LogP contribution in [0.4, 0.5) is 0 Å². The van der Waals surface area contributed by atoms with E-state index in [-0.39, 0.29) is 11.5 Å². The van der Waals surface area contributed by atoms with Crippen LogP contribution in [0.5, 0.6) is 0 Å². The molecule has 0 aromatic rings. The summed E-state index contributed by atoms with van der Waals surface area (Å²) in [7, 11) is 2.27. The Balaban J connectivity index is 2.70. The number of rotatable bonds is 3. The van der Waals surface area contributed by atoms with Crippen LogP contribution in [0.15, 0.2) is 0 Å². The minimum Gasteiger partial charge on any atom is -0.327 e. The zero-order valence-corrected chi connectivity index (χ0v) is 11.8. The highest BCUT2D eigenvalue weighted by Crippen LogP contribution is 2.31. The first kappa shape index (κ1) is 14.0. The fourth-order valence-corrected chi connectivity index (χ4v) is 3.49. The second kappa shape index (κ2) is 5.50. The lowest BCUT2D eigenvalue weighted by Crippen LogP contribution is -2.55. The molecule has 0 aliphatic heterocycles. The van der Waals surface area contributed by atoms with Gasteiger partial charge in [-0.2, -0.15) is 0 Å². The van der Waals surface area contributed by atoms with Gasteiger partial charge in [0.1, 0.15) is 0 Å². The molecule has 0 radical (unpaired) electrons. The Hall–Kier alpha value is -0.0800. The first-order valence-corrected chi connectivity index (χ1v) is 6.81. The van der Waals surface area contributed by atoms with Gasteiger partial charge >= 0.3 is 0 Å². The van der Waals surface area contributed by atoms with Crippen molar-refractivity contribution in [2.24, 2.45) is 11.1 Å². The van der Waals surface area contributed by atoms with E-state index in [1.54, 1.807) is 0 Å². The van der Waals surface area contributed by atoms with E-state index in [9.17, 15) is 0 Å². The Morgan fingerprint density at radius 1 is 1.12 bits per heavy atom. The number of nitrogens with two attached hydrogens (primary N) is 1. The highest BCUT2D eigenvalue weighted by Gasteiger charge is 2.34. The maximum absolute atomic E-state index is 6.19. The van der Waals surface area contributed by atoms with Crippen LogP contribution in [-0.2, 0) is 0 Å². The van der Waals surface area contributed by atoms with Crippen molar-refractivity contribution in [2.75, 3.05) is 7.05 Å². The summed E-state index contributed by atoms with van der Waals surface area (Å²) in [6, 6.07) is 1.48. The quantitative estimate of drug-likeness (QED) is 0.801. The highest BCUT2D eigenvalue weighted by molar-refractivity contribution is 4.91. The van der Waals surface area contributed by atoms with Crippen LogP contribution in [-0.4, -0.2) is 30.1 Å². The second-order valence-corrected chi connectivity index (χ2v) is 6.63. The Morgan fingerprint density at radius 2 is 1.62 bits per heavy atom. The average Bonchev–Trinajstić information content (AvgIpc) is 2.16. The summed E-state index contributed by atoms with van der Waals surface area (Å²) in [5.74, 6) is 0. The van der Waals surface area contributed by atoms with Gasteiger partial charge in [0.2, 0.25) is 0 Å². The van der Waals surface area contributed by atoms with Crippen LogP contribution >= 0.6 is 0 Å². The molecule has 0 aromatic carbocycles. The molecule has 2 nitrogen and oxygen atoms in total. The molecule has 1 fully saturated rings. The van der Waals surface area contributed by atoms with E-state index >= 15 is 0 Å². The lowest BCUT2D eigenvalue weighted by Gasteiger charge is -2.45. The van der Waals surface area contributed by atoms with Crippen LogP contribution in [0, 0.1) is 5.41 Å². The molecule has 1 rings (SSSR count). The summed E-state index contributed by atoms with van der Waals surface area (Å²) in [5, 5.41) is 0. The van der Waals surface area contributed by atoms with Gasteiger partial charge in [-0.05, 0) is 32.2 Å². The van der Waals surface area contributed by atoms with Crippen molar-refractivity contribution < 1.29 is 0 Å². The third kappa shape index (κ3) is 3.46. The van der Waals surface area contributed by atoms with E-state index in [1.165, 1.54) is 32.1 Å². The van der Waals surface area contributed by atoms with Gasteiger partial charge in [0.25, 0.3) is 0 Å². The molecule has 1 aliphatic rings. The predicted octanol–water partition coefficient (Wildman–Crippen LogP) is 3.01. The third-order valence-corrected chi connectivity index (χ3v) is 3.97. The van der Waals surface area contributed by atoms with E-state index in [4.69, 9.17) is 5.73 Å². The molecular formula is C14H30N2. The maximum Gasteiger partial charge on any atom is 0.0292 e. The lowest BCUT2D eigenvalue weighted by atomic mass is 9.80. The van der Waals surface area contributed by atoms with Gasteiger partial charge in [-0.15, -0.1) is 0 Å².